The Bertz CT molecular complexity index is 1410. The number of nitrogens with one attached hydrogen (secondary N) is 2. The van der Waals surface area contributed by atoms with Gasteiger partial charge in [-0.2, -0.15) is 0 Å². The zero-order chi connectivity index (χ0) is 23.7. The summed E-state index contributed by atoms with van der Waals surface area (Å²) in [6.45, 7) is 0. The van der Waals surface area contributed by atoms with Crippen molar-refractivity contribution < 1.29 is 14.3 Å². The first kappa shape index (κ1) is 22.1. The monoisotopic (exact) mass is 476 g/mol. The van der Waals surface area contributed by atoms with Crippen LogP contribution in [0.25, 0.3) is 22.2 Å². The van der Waals surface area contributed by atoms with Crippen LogP contribution in [0.15, 0.2) is 64.7 Å². The number of benzene rings is 2. The molecule has 2 heterocycles. The fourth-order valence-electron chi connectivity index (χ4n) is 3.87. The van der Waals surface area contributed by atoms with Crippen LogP contribution < -0.4 is 20.3 Å². The van der Waals surface area contributed by atoms with Gasteiger partial charge >= 0.3 is 0 Å². The zero-order valence-corrected chi connectivity index (χ0v) is 19.6. The molecule has 1 saturated carbocycles. The number of hydrogen-bond donors (Lipinski definition) is 2. The molecule has 0 aliphatic heterocycles. The normalized spacial score (nSPS) is 13.1. The third kappa shape index (κ3) is 4.26. The van der Waals surface area contributed by atoms with E-state index in [0.29, 0.717) is 33.4 Å². The van der Waals surface area contributed by atoms with Gasteiger partial charge in [-0.3, -0.25) is 14.2 Å². The van der Waals surface area contributed by atoms with E-state index in [0.717, 1.165) is 24.0 Å². The molecule has 1 amide bonds. The van der Waals surface area contributed by atoms with Crippen molar-refractivity contribution in [3.63, 3.8) is 0 Å². The number of aromatic nitrogens is 3. The molecule has 174 valence electrons. The Morgan fingerprint density at radius 2 is 1.97 bits per heavy atom. The van der Waals surface area contributed by atoms with Gasteiger partial charge in [0.2, 0.25) is 5.91 Å². The number of amides is 1. The summed E-state index contributed by atoms with van der Waals surface area (Å²) in [5.41, 5.74) is 3.36. The van der Waals surface area contributed by atoms with Gasteiger partial charge < -0.3 is 19.8 Å². The molecular formula is C25H24N4O4S. The number of aromatic amines is 1. The topological polar surface area (TPSA) is 98.2 Å². The van der Waals surface area contributed by atoms with Crippen molar-refractivity contribution >= 4 is 34.4 Å². The standard InChI is InChI=1S/C25H24N4O4S/c1-32-17-10-11-20(33-2)19(12-17)27-21(30)14-34-25-28-22-18(15-6-4-3-5-7-15)13-26-23(22)24(31)29(25)16-8-9-16/h3-7,10-13,16,26H,8-9,14H2,1-2H3,(H,27,30). The van der Waals surface area contributed by atoms with Crippen LogP contribution in [-0.4, -0.2) is 40.4 Å². The highest BCUT2D eigenvalue weighted by atomic mass is 32.2. The molecule has 1 fully saturated rings. The molecule has 1 aliphatic carbocycles. The van der Waals surface area contributed by atoms with Gasteiger partial charge in [0.05, 0.1) is 25.7 Å². The molecule has 0 atom stereocenters. The average molecular weight is 477 g/mol. The minimum atomic E-state index is -0.231. The van der Waals surface area contributed by atoms with Crippen molar-refractivity contribution in [1.82, 2.24) is 14.5 Å². The molecule has 4 aromatic rings. The summed E-state index contributed by atoms with van der Waals surface area (Å²) in [6, 6.07) is 15.1. The Kier molecular flexibility index (Phi) is 6.02. The number of methoxy groups -OCH3 is 2. The number of carbonyl (C=O) groups is 1. The number of ether oxygens (including phenoxy) is 2. The average Bonchev–Trinajstić information content (AvgIpc) is 3.61. The van der Waals surface area contributed by atoms with Crippen LogP contribution in [0.5, 0.6) is 11.5 Å². The number of thioether (sulfide) groups is 1. The van der Waals surface area contributed by atoms with Crippen LogP contribution in [0.3, 0.4) is 0 Å². The van der Waals surface area contributed by atoms with Gasteiger partial charge in [0.15, 0.2) is 5.16 Å². The number of fused-ring (bicyclic) bond motifs is 1. The second-order valence-electron chi connectivity index (χ2n) is 8.00. The molecule has 8 nitrogen and oxygen atoms in total. The van der Waals surface area contributed by atoms with Crippen molar-refractivity contribution in [2.24, 2.45) is 0 Å². The Balaban J connectivity index is 1.44. The van der Waals surface area contributed by atoms with E-state index in [9.17, 15) is 9.59 Å². The molecule has 34 heavy (non-hydrogen) atoms. The Morgan fingerprint density at radius 1 is 1.18 bits per heavy atom. The van der Waals surface area contributed by atoms with Gasteiger partial charge in [0.1, 0.15) is 22.5 Å². The van der Waals surface area contributed by atoms with E-state index in [1.807, 2.05) is 36.5 Å². The largest absolute Gasteiger partial charge is 0.497 e. The Labute approximate surface area is 200 Å². The summed E-state index contributed by atoms with van der Waals surface area (Å²) >= 11 is 1.26. The number of rotatable bonds is 8. The van der Waals surface area contributed by atoms with Crippen molar-refractivity contribution in [3.05, 3.63) is 65.1 Å². The van der Waals surface area contributed by atoms with Crippen LogP contribution in [0, 0.1) is 0 Å². The van der Waals surface area contributed by atoms with Crippen LogP contribution >= 0.6 is 11.8 Å². The summed E-state index contributed by atoms with van der Waals surface area (Å²) in [7, 11) is 3.10. The van der Waals surface area contributed by atoms with Crippen molar-refractivity contribution in [2.45, 2.75) is 24.0 Å². The van der Waals surface area contributed by atoms with Gasteiger partial charge in [-0.05, 0) is 30.5 Å². The van der Waals surface area contributed by atoms with Gasteiger partial charge in [-0.25, -0.2) is 4.98 Å². The van der Waals surface area contributed by atoms with Gasteiger partial charge in [-0.15, -0.1) is 0 Å². The molecule has 0 unspecified atom stereocenters. The minimum Gasteiger partial charge on any atom is -0.497 e. The highest BCUT2D eigenvalue weighted by Gasteiger charge is 2.30. The third-order valence-electron chi connectivity index (χ3n) is 5.71. The second kappa shape index (κ2) is 9.26. The molecule has 1 aliphatic rings. The molecule has 5 rings (SSSR count). The summed E-state index contributed by atoms with van der Waals surface area (Å²) in [6.07, 6.45) is 3.68. The van der Waals surface area contributed by atoms with E-state index in [4.69, 9.17) is 14.5 Å². The highest BCUT2D eigenvalue weighted by molar-refractivity contribution is 7.99. The van der Waals surface area contributed by atoms with E-state index in [-0.39, 0.29) is 23.3 Å². The van der Waals surface area contributed by atoms with Gasteiger partial charge in [0, 0.05) is 23.9 Å². The third-order valence-corrected chi connectivity index (χ3v) is 6.66. The summed E-state index contributed by atoms with van der Waals surface area (Å²) in [5, 5.41) is 3.41. The van der Waals surface area contributed by atoms with Crippen LogP contribution in [0.1, 0.15) is 18.9 Å². The summed E-state index contributed by atoms with van der Waals surface area (Å²) < 4.78 is 12.3. The Morgan fingerprint density at radius 3 is 2.68 bits per heavy atom. The SMILES string of the molecule is COc1ccc(OC)c(NC(=O)CSc2nc3c(-c4ccccc4)c[nH]c3c(=O)n2C2CC2)c1. The van der Waals surface area contributed by atoms with Crippen molar-refractivity contribution in [3.8, 4) is 22.6 Å². The Hall–Kier alpha value is -3.72. The van der Waals surface area contributed by atoms with E-state index >= 15 is 0 Å². The predicted molar refractivity (Wildman–Crippen MR) is 133 cm³/mol. The van der Waals surface area contributed by atoms with Gasteiger partial charge in [0.25, 0.3) is 5.56 Å². The molecule has 0 bridgehead atoms. The molecule has 9 heteroatoms. The molecular weight excluding hydrogens is 452 g/mol. The lowest BCUT2D eigenvalue weighted by molar-refractivity contribution is -0.113. The number of carbonyl (C=O) groups excluding carboxylic acids is 1. The fraction of sp³-hybridized carbons (Fsp3) is 0.240. The quantitative estimate of drug-likeness (QED) is 0.288. The summed E-state index contributed by atoms with van der Waals surface area (Å²) in [4.78, 5) is 34.1. The zero-order valence-electron chi connectivity index (χ0n) is 18.8. The van der Waals surface area contributed by atoms with Crippen LogP contribution in [-0.2, 0) is 4.79 Å². The van der Waals surface area contributed by atoms with Crippen LogP contribution in [0.4, 0.5) is 5.69 Å². The second-order valence-corrected chi connectivity index (χ2v) is 8.94. The van der Waals surface area contributed by atoms with E-state index in [1.165, 1.54) is 11.8 Å². The first-order valence-corrected chi connectivity index (χ1v) is 11.9. The highest BCUT2D eigenvalue weighted by Crippen LogP contribution is 2.38. The molecule has 2 aromatic heterocycles. The van der Waals surface area contributed by atoms with E-state index < -0.39 is 0 Å². The lowest BCUT2D eigenvalue weighted by Crippen LogP contribution is -2.23. The molecule has 2 aromatic carbocycles. The number of nitrogens with zero attached hydrogens (tertiary/aromatic N) is 2. The predicted octanol–water partition coefficient (Wildman–Crippen LogP) is 4.47. The minimum absolute atomic E-state index is 0.0934. The molecule has 0 radical (unpaired) electrons. The first-order chi connectivity index (χ1) is 16.6. The molecule has 0 spiro atoms. The van der Waals surface area contributed by atoms with Gasteiger partial charge in [-0.1, -0.05) is 42.1 Å². The maximum Gasteiger partial charge on any atom is 0.278 e. The number of hydrogen-bond acceptors (Lipinski definition) is 6. The van der Waals surface area contributed by atoms with Crippen LogP contribution in [0.2, 0.25) is 0 Å². The first-order valence-electron chi connectivity index (χ1n) is 10.9. The van der Waals surface area contributed by atoms with Crippen molar-refractivity contribution in [2.75, 3.05) is 25.3 Å². The molecule has 2 N–H and O–H groups in total. The maximum atomic E-state index is 13.3. The summed E-state index contributed by atoms with van der Waals surface area (Å²) in [5.74, 6) is 1.01. The molecule has 0 saturated heterocycles. The van der Waals surface area contributed by atoms with E-state index in [1.54, 1.807) is 37.0 Å². The number of anilines is 1. The maximum absolute atomic E-state index is 13.3. The lowest BCUT2D eigenvalue weighted by Gasteiger charge is -2.13. The smallest absolute Gasteiger partial charge is 0.278 e. The van der Waals surface area contributed by atoms with E-state index in [2.05, 4.69) is 10.3 Å². The lowest BCUT2D eigenvalue weighted by atomic mass is 10.1. The number of H-pyrrole nitrogens is 1. The fourth-order valence-corrected chi connectivity index (χ4v) is 4.73. The van der Waals surface area contributed by atoms with Crippen molar-refractivity contribution in [1.29, 1.82) is 0 Å².